The van der Waals surface area contributed by atoms with Crippen LogP contribution in [0.4, 0.5) is 0 Å². The number of carbonyl (C=O) groups excluding carboxylic acids is 1. The predicted molar refractivity (Wildman–Crippen MR) is 112 cm³/mol. The van der Waals surface area contributed by atoms with Crippen LogP contribution >= 0.6 is 0 Å². The van der Waals surface area contributed by atoms with Gasteiger partial charge in [0.15, 0.2) is 5.76 Å². The number of furan rings is 1. The van der Waals surface area contributed by atoms with Crippen molar-refractivity contribution < 1.29 is 13.9 Å². The summed E-state index contributed by atoms with van der Waals surface area (Å²) >= 11 is 0. The fraction of sp³-hybridized carbons (Fsp3) is 0.522. The van der Waals surface area contributed by atoms with Crippen molar-refractivity contribution in [2.45, 2.75) is 38.9 Å². The molecule has 156 valence electrons. The smallest absolute Gasteiger partial charge is 0.290 e. The molecular weight excluding hydrogens is 366 g/mol. The number of nitrogens with zero attached hydrogens (tertiary/aromatic N) is 3. The fourth-order valence-electron chi connectivity index (χ4n) is 3.75. The topological polar surface area (TPSA) is 49.2 Å². The van der Waals surface area contributed by atoms with Gasteiger partial charge in [0, 0.05) is 38.8 Å². The van der Waals surface area contributed by atoms with Gasteiger partial charge in [0.2, 0.25) is 0 Å². The van der Waals surface area contributed by atoms with Crippen molar-refractivity contribution >= 4 is 5.91 Å². The first kappa shape index (κ1) is 20.0. The molecule has 2 fully saturated rings. The molecule has 0 unspecified atom stereocenters. The molecule has 1 aliphatic heterocycles. The number of rotatable bonds is 8. The number of benzene rings is 1. The Hall–Kier alpha value is -2.31. The second kappa shape index (κ2) is 9.01. The molecule has 0 radical (unpaired) electrons. The monoisotopic (exact) mass is 397 g/mol. The highest BCUT2D eigenvalue weighted by Crippen LogP contribution is 2.30. The van der Waals surface area contributed by atoms with Gasteiger partial charge >= 0.3 is 0 Å². The van der Waals surface area contributed by atoms with Gasteiger partial charge < -0.3 is 19.0 Å². The van der Waals surface area contributed by atoms with Crippen LogP contribution in [0, 0.1) is 0 Å². The van der Waals surface area contributed by atoms with Crippen LogP contribution in [-0.2, 0) is 13.1 Å². The Kier molecular flexibility index (Phi) is 6.21. The summed E-state index contributed by atoms with van der Waals surface area (Å²) < 4.78 is 11.5. The Labute approximate surface area is 173 Å². The zero-order valence-electron chi connectivity index (χ0n) is 17.5. The first-order valence-corrected chi connectivity index (χ1v) is 10.6. The van der Waals surface area contributed by atoms with Gasteiger partial charge in [-0.25, -0.2) is 0 Å². The minimum Gasteiger partial charge on any atom is -0.494 e. The van der Waals surface area contributed by atoms with Crippen LogP contribution in [-0.4, -0.2) is 66.5 Å². The first-order chi connectivity index (χ1) is 14.1. The number of amides is 1. The number of piperazine rings is 1. The maximum atomic E-state index is 13.1. The normalized spacial score (nSPS) is 18.0. The quantitative estimate of drug-likeness (QED) is 0.685. The van der Waals surface area contributed by atoms with Crippen molar-refractivity contribution in [1.29, 1.82) is 0 Å². The summed E-state index contributed by atoms with van der Waals surface area (Å²) in [5.74, 6) is 2.17. The van der Waals surface area contributed by atoms with E-state index in [0.29, 0.717) is 25.0 Å². The van der Waals surface area contributed by atoms with E-state index in [2.05, 4.69) is 16.8 Å². The van der Waals surface area contributed by atoms with Gasteiger partial charge in [0.05, 0.1) is 13.2 Å². The summed E-state index contributed by atoms with van der Waals surface area (Å²) in [6.45, 7) is 8.21. The number of hydrogen-bond donors (Lipinski definition) is 0. The predicted octanol–water partition coefficient (Wildman–Crippen LogP) is 3.23. The van der Waals surface area contributed by atoms with Crippen molar-refractivity contribution in [3.63, 3.8) is 0 Å². The molecule has 1 aromatic carbocycles. The maximum Gasteiger partial charge on any atom is 0.290 e. The average molecular weight is 398 g/mol. The molecule has 0 bridgehead atoms. The lowest BCUT2D eigenvalue weighted by atomic mass is 10.2. The molecule has 2 aliphatic rings. The molecule has 0 atom stereocenters. The first-order valence-electron chi connectivity index (χ1n) is 10.6. The van der Waals surface area contributed by atoms with Crippen LogP contribution < -0.4 is 4.74 Å². The van der Waals surface area contributed by atoms with Gasteiger partial charge in [-0.1, -0.05) is 12.1 Å². The zero-order valence-corrected chi connectivity index (χ0v) is 17.5. The second-order valence-corrected chi connectivity index (χ2v) is 8.09. The third kappa shape index (κ3) is 5.19. The maximum absolute atomic E-state index is 13.1. The van der Waals surface area contributed by atoms with E-state index < -0.39 is 0 Å². The van der Waals surface area contributed by atoms with Gasteiger partial charge in [-0.2, -0.15) is 0 Å². The minimum atomic E-state index is -0.00832. The summed E-state index contributed by atoms with van der Waals surface area (Å²) in [5.41, 5.74) is 1.11. The van der Waals surface area contributed by atoms with Crippen LogP contribution in [0.25, 0.3) is 0 Å². The molecule has 1 aliphatic carbocycles. The third-order valence-corrected chi connectivity index (χ3v) is 5.68. The van der Waals surface area contributed by atoms with Gasteiger partial charge in [-0.3, -0.25) is 9.69 Å². The van der Waals surface area contributed by atoms with E-state index in [1.54, 1.807) is 0 Å². The molecule has 2 aromatic rings. The SMILES string of the molecule is CCOc1ccc(CN(C(=O)c2ccc(CN3CCN(C)CC3)o2)C2CC2)cc1. The van der Waals surface area contributed by atoms with Gasteiger partial charge in [0.1, 0.15) is 11.5 Å². The molecule has 29 heavy (non-hydrogen) atoms. The van der Waals surface area contributed by atoms with E-state index in [0.717, 1.165) is 62.6 Å². The highest BCUT2D eigenvalue weighted by atomic mass is 16.5. The Bertz CT molecular complexity index is 805. The fourth-order valence-corrected chi connectivity index (χ4v) is 3.75. The van der Waals surface area contributed by atoms with E-state index in [1.807, 2.05) is 48.2 Å². The van der Waals surface area contributed by atoms with E-state index in [9.17, 15) is 4.79 Å². The molecule has 0 N–H and O–H groups in total. The minimum absolute atomic E-state index is 0.00832. The van der Waals surface area contributed by atoms with E-state index in [1.165, 1.54) is 0 Å². The summed E-state index contributed by atoms with van der Waals surface area (Å²) in [7, 11) is 2.15. The molecule has 4 rings (SSSR count). The summed E-state index contributed by atoms with van der Waals surface area (Å²) in [6, 6.07) is 12.1. The molecule has 1 amide bonds. The van der Waals surface area contributed by atoms with Gasteiger partial charge in [-0.05, 0) is 56.6 Å². The molecule has 6 nitrogen and oxygen atoms in total. The molecule has 2 heterocycles. The van der Waals surface area contributed by atoms with Crippen molar-refractivity contribution in [3.8, 4) is 5.75 Å². The summed E-state index contributed by atoms with van der Waals surface area (Å²) in [5, 5.41) is 0. The highest BCUT2D eigenvalue weighted by Gasteiger charge is 2.34. The molecule has 1 aromatic heterocycles. The lowest BCUT2D eigenvalue weighted by Gasteiger charge is -2.31. The summed E-state index contributed by atoms with van der Waals surface area (Å²) in [4.78, 5) is 19.8. The van der Waals surface area contributed by atoms with Crippen molar-refractivity contribution in [3.05, 3.63) is 53.5 Å². The third-order valence-electron chi connectivity index (χ3n) is 5.68. The molecule has 1 saturated heterocycles. The van der Waals surface area contributed by atoms with Gasteiger partial charge in [-0.15, -0.1) is 0 Å². The van der Waals surface area contributed by atoms with Crippen LogP contribution in [0.5, 0.6) is 5.75 Å². The molecule has 6 heteroatoms. The Balaban J connectivity index is 1.39. The van der Waals surface area contributed by atoms with Crippen molar-refractivity contribution in [2.24, 2.45) is 0 Å². The zero-order chi connectivity index (χ0) is 20.2. The molecular formula is C23H31N3O3. The Morgan fingerprint density at radius 1 is 1.10 bits per heavy atom. The van der Waals surface area contributed by atoms with Crippen LogP contribution in [0.3, 0.4) is 0 Å². The number of likely N-dealkylation sites (N-methyl/N-ethyl adjacent to an activating group) is 1. The summed E-state index contributed by atoms with van der Waals surface area (Å²) in [6.07, 6.45) is 2.13. The Morgan fingerprint density at radius 2 is 1.83 bits per heavy atom. The second-order valence-electron chi connectivity index (χ2n) is 8.09. The molecule has 1 saturated carbocycles. The highest BCUT2D eigenvalue weighted by molar-refractivity contribution is 5.92. The molecule has 0 spiro atoms. The standard InChI is InChI=1S/C23H31N3O3/c1-3-28-20-8-4-18(5-9-20)16-26(19-6-7-19)23(27)22-11-10-21(29-22)17-25-14-12-24(2)13-15-25/h4-5,8-11,19H,3,6-7,12-17H2,1-2H3. The van der Waals surface area contributed by atoms with E-state index in [4.69, 9.17) is 9.15 Å². The number of ether oxygens (including phenoxy) is 1. The number of hydrogen-bond acceptors (Lipinski definition) is 5. The van der Waals surface area contributed by atoms with Crippen LogP contribution in [0.15, 0.2) is 40.8 Å². The largest absolute Gasteiger partial charge is 0.494 e. The lowest BCUT2D eigenvalue weighted by molar-refractivity contribution is 0.0691. The van der Waals surface area contributed by atoms with E-state index in [-0.39, 0.29) is 5.91 Å². The van der Waals surface area contributed by atoms with Gasteiger partial charge in [0.25, 0.3) is 5.91 Å². The van der Waals surface area contributed by atoms with Crippen molar-refractivity contribution in [2.75, 3.05) is 39.8 Å². The number of carbonyl (C=O) groups is 1. The lowest BCUT2D eigenvalue weighted by Crippen LogP contribution is -2.43. The van der Waals surface area contributed by atoms with Crippen molar-refractivity contribution in [1.82, 2.24) is 14.7 Å². The van der Waals surface area contributed by atoms with E-state index >= 15 is 0 Å². The average Bonchev–Trinajstić information content (AvgIpc) is 3.47. The van der Waals surface area contributed by atoms with Crippen LogP contribution in [0.2, 0.25) is 0 Å². The Morgan fingerprint density at radius 3 is 2.48 bits per heavy atom. The van der Waals surface area contributed by atoms with Crippen LogP contribution in [0.1, 0.15) is 41.6 Å².